The van der Waals surface area contributed by atoms with E-state index in [0.717, 1.165) is 25.9 Å². The van der Waals surface area contributed by atoms with Crippen LogP contribution in [0.5, 0.6) is 0 Å². The summed E-state index contributed by atoms with van der Waals surface area (Å²) in [7, 11) is 0. The smallest absolute Gasteiger partial charge is 0.261 e. The Labute approximate surface area is 160 Å². The molecule has 3 aromatic rings. The van der Waals surface area contributed by atoms with E-state index in [4.69, 9.17) is 0 Å². The van der Waals surface area contributed by atoms with Crippen molar-refractivity contribution in [2.45, 2.75) is 31.7 Å². The molecular weight excluding hydrogens is 362 g/mol. The minimum atomic E-state index is -0.152. The van der Waals surface area contributed by atoms with Crippen LogP contribution in [-0.4, -0.2) is 33.5 Å². The number of hydrogen-bond donors (Lipinski definition) is 2. The number of nitrogens with zero attached hydrogens (tertiary/aromatic N) is 3. The van der Waals surface area contributed by atoms with Crippen LogP contribution in [0.25, 0.3) is 10.9 Å². The minimum absolute atomic E-state index is 0.129. The van der Waals surface area contributed by atoms with Crippen LogP contribution in [0.2, 0.25) is 0 Å². The molecule has 0 saturated carbocycles. The van der Waals surface area contributed by atoms with Gasteiger partial charge in [0.15, 0.2) is 5.13 Å². The number of amides is 1. The molecule has 0 bridgehead atoms. The molecule has 27 heavy (non-hydrogen) atoms. The van der Waals surface area contributed by atoms with Crippen LogP contribution in [0.3, 0.4) is 0 Å². The third-order valence-corrected chi connectivity index (χ3v) is 5.90. The van der Waals surface area contributed by atoms with Crippen molar-refractivity contribution in [3.63, 3.8) is 0 Å². The summed E-state index contributed by atoms with van der Waals surface area (Å²) in [6, 6.07) is 7.21. The molecule has 2 N–H and O–H groups in total. The van der Waals surface area contributed by atoms with E-state index in [9.17, 15) is 9.59 Å². The molecule has 0 spiro atoms. The summed E-state index contributed by atoms with van der Waals surface area (Å²) >= 11 is 1.54. The predicted octanol–water partition coefficient (Wildman–Crippen LogP) is 2.35. The average molecular weight is 383 g/mol. The van der Waals surface area contributed by atoms with Crippen LogP contribution in [0.1, 0.15) is 30.1 Å². The maximum absolute atomic E-state index is 12.5. The van der Waals surface area contributed by atoms with Gasteiger partial charge in [-0.05, 0) is 44.0 Å². The second-order valence-electron chi connectivity index (χ2n) is 6.65. The molecule has 1 aliphatic heterocycles. The normalized spacial score (nSPS) is 15.1. The Morgan fingerprint density at radius 3 is 2.93 bits per heavy atom. The van der Waals surface area contributed by atoms with Gasteiger partial charge in [0.2, 0.25) is 5.91 Å². The number of nitrogens with one attached hydrogen (secondary N) is 2. The molecule has 7 nitrogen and oxygen atoms in total. The monoisotopic (exact) mass is 383 g/mol. The van der Waals surface area contributed by atoms with Gasteiger partial charge in [0.25, 0.3) is 5.56 Å². The number of benzene rings is 1. The highest BCUT2D eigenvalue weighted by atomic mass is 32.1. The highest BCUT2D eigenvalue weighted by Crippen LogP contribution is 2.31. The molecule has 0 aliphatic carbocycles. The predicted molar refractivity (Wildman–Crippen MR) is 106 cm³/mol. The summed E-state index contributed by atoms with van der Waals surface area (Å²) in [5, 5.41) is 7.38. The fourth-order valence-electron chi connectivity index (χ4n) is 3.31. The zero-order valence-electron chi connectivity index (χ0n) is 14.9. The van der Waals surface area contributed by atoms with Crippen LogP contribution < -0.4 is 16.2 Å². The van der Waals surface area contributed by atoms with E-state index in [2.05, 4.69) is 20.6 Å². The van der Waals surface area contributed by atoms with Crippen LogP contribution in [0, 0.1) is 0 Å². The summed E-state index contributed by atoms with van der Waals surface area (Å²) in [5.41, 5.74) is 0.535. The van der Waals surface area contributed by atoms with E-state index in [-0.39, 0.29) is 24.4 Å². The standard InChI is InChI=1S/C19H21N5O2S/c25-17(23-19-21-11-16(27-19)13-5-8-20-9-6-13)7-10-24-12-22-15-4-2-1-3-14(15)18(24)26/h1-4,11-13,20H,5-10H2,(H,21,23,25). The Hall–Kier alpha value is -2.58. The molecule has 0 unspecified atom stereocenters. The van der Waals surface area contributed by atoms with Crippen LogP contribution in [-0.2, 0) is 11.3 Å². The van der Waals surface area contributed by atoms with E-state index in [0.29, 0.717) is 22.0 Å². The molecule has 8 heteroatoms. The van der Waals surface area contributed by atoms with Gasteiger partial charge in [-0.25, -0.2) is 9.97 Å². The zero-order valence-corrected chi connectivity index (χ0v) is 15.7. The van der Waals surface area contributed by atoms with Crippen molar-refractivity contribution < 1.29 is 4.79 Å². The third kappa shape index (κ3) is 4.06. The minimum Gasteiger partial charge on any atom is -0.317 e. The van der Waals surface area contributed by atoms with Gasteiger partial charge in [0.1, 0.15) is 0 Å². The van der Waals surface area contributed by atoms with E-state index in [1.807, 2.05) is 18.3 Å². The molecule has 0 radical (unpaired) electrons. The molecule has 4 rings (SSSR count). The number of rotatable bonds is 5. The second kappa shape index (κ2) is 7.98. The van der Waals surface area contributed by atoms with Crippen molar-refractivity contribution in [3.8, 4) is 0 Å². The number of fused-ring (bicyclic) bond motifs is 1. The molecule has 1 saturated heterocycles. The van der Waals surface area contributed by atoms with Crippen molar-refractivity contribution >= 4 is 33.3 Å². The number of aryl methyl sites for hydroxylation is 1. The van der Waals surface area contributed by atoms with Gasteiger partial charge < -0.3 is 10.6 Å². The van der Waals surface area contributed by atoms with E-state index < -0.39 is 0 Å². The second-order valence-corrected chi connectivity index (χ2v) is 7.71. The van der Waals surface area contributed by atoms with E-state index >= 15 is 0 Å². The summed E-state index contributed by atoms with van der Waals surface area (Å²) in [4.78, 5) is 34.5. The van der Waals surface area contributed by atoms with Gasteiger partial charge in [0.05, 0.1) is 17.2 Å². The van der Waals surface area contributed by atoms with Gasteiger partial charge in [-0.15, -0.1) is 11.3 Å². The number of para-hydroxylation sites is 1. The Bertz CT molecular complexity index is 1010. The first-order valence-electron chi connectivity index (χ1n) is 9.11. The largest absolute Gasteiger partial charge is 0.317 e. The van der Waals surface area contributed by atoms with E-state index in [1.54, 1.807) is 23.5 Å². The van der Waals surface area contributed by atoms with Crippen LogP contribution in [0.15, 0.2) is 41.6 Å². The number of thiazole rings is 1. The quantitative estimate of drug-likeness (QED) is 0.706. The van der Waals surface area contributed by atoms with Crippen LogP contribution in [0.4, 0.5) is 5.13 Å². The van der Waals surface area contributed by atoms with Gasteiger partial charge >= 0.3 is 0 Å². The molecule has 2 aromatic heterocycles. The molecule has 140 valence electrons. The maximum Gasteiger partial charge on any atom is 0.261 e. The molecule has 3 heterocycles. The summed E-state index contributed by atoms with van der Waals surface area (Å²) in [5.74, 6) is 0.373. The Morgan fingerprint density at radius 1 is 1.26 bits per heavy atom. The number of anilines is 1. The van der Waals surface area contributed by atoms with E-state index in [1.165, 1.54) is 15.8 Å². The Balaban J connectivity index is 1.37. The third-order valence-electron chi connectivity index (χ3n) is 4.82. The van der Waals surface area contributed by atoms with Crippen molar-refractivity contribution in [1.82, 2.24) is 19.9 Å². The summed E-state index contributed by atoms with van der Waals surface area (Å²) in [6.45, 7) is 2.34. The number of carbonyl (C=O) groups excluding carboxylic acids is 1. The zero-order chi connectivity index (χ0) is 18.6. The lowest BCUT2D eigenvalue weighted by molar-refractivity contribution is -0.116. The van der Waals surface area contributed by atoms with Crippen molar-refractivity contribution in [3.05, 3.63) is 52.0 Å². The molecule has 1 aromatic carbocycles. The lowest BCUT2D eigenvalue weighted by Crippen LogP contribution is -2.26. The summed E-state index contributed by atoms with van der Waals surface area (Å²) in [6.07, 6.45) is 5.77. The highest BCUT2D eigenvalue weighted by molar-refractivity contribution is 7.15. The SMILES string of the molecule is O=C(CCn1cnc2ccccc2c1=O)Nc1ncc(C2CCNCC2)s1. The molecule has 1 amide bonds. The maximum atomic E-state index is 12.5. The molecule has 0 atom stereocenters. The van der Waals surface area contributed by atoms with Crippen molar-refractivity contribution in [1.29, 1.82) is 0 Å². The highest BCUT2D eigenvalue weighted by Gasteiger charge is 2.18. The first-order valence-corrected chi connectivity index (χ1v) is 9.93. The summed E-state index contributed by atoms with van der Waals surface area (Å²) < 4.78 is 1.48. The number of aromatic nitrogens is 3. The molecular formula is C19H21N5O2S. The van der Waals surface area contributed by atoms with Gasteiger partial charge in [0, 0.05) is 24.0 Å². The fraction of sp³-hybridized carbons (Fsp3) is 0.368. The molecule has 1 aliphatic rings. The van der Waals surface area contributed by atoms with Crippen molar-refractivity contribution in [2.24, 2.45) is 0 Å². The first-order chi connectivity index (χ1) is 13.2. The fourth-order valence-corrected chi connectivity index (χ4v) is 4.31. The Kier molecular flexibility index (Phi) is 5.26. The lowest BCUT2D eigenvalue weighted by atomic mass is 9.97. The van der Waals surface area contributed by atoms with Gasteiger partial charge in [-0.2, -0.15) is 0 Å². The number of hydrogen-bond acceptors (Lipinski definition) is 6. The number of carbonyl (C=O) groups is 1. The topological polar surface area (TPSA) is 88.9 Å². The first kappa shape index (κ1) is 17.8. The molecule has 1 fully saturated rings. The van der Waals surface area contributed by atoms with Gasteiger partial charge in [-0.3, -0.25) is 14.2 Å². The Morgan fingerprint density at radius 2 is 2.07 bits per heavy atom. The van der Waals surface area contributed by atoms with Crippen LogP contribution >= 0.6 is 11.3 Å². The average Bonchev–Trinajstić information content (AvgIpc) is 3.17. The van der Waals surface area contributed by atoms with Gasteiger partial charge in [-0.1, -0.05) is 12.1 Å². The van der Waals surface area contributed by atoms with Crippen molar-refractivity contribution in [2.75, 3.05) is 18.4 Å². The number of piperidine rings is 1. The lowest BCUT2D eigenvalue weighted by Gasteiger charge is -2.20.